The summed E-state index contributed by atoms with van der Waals surface area (Å²) >= 11 is 0. The summed E-state index contributed by atoms with van der Waals surface area (Å²) in [7, 11) is 0. The first-order valence-electron chi connectivity index (χ1n) is 11.1. The van der Waals surface area contributed by atoms with Crippen LogP contribution in [0, 0.1) is 0 Å². The molecule has 1 aliphatic heterocycles. The normalized spacial score (nSPS) is 16.5. The number of alkyl halides is 3. The molecular formula is C27H21F3N5+. The highest BCUT2D eigenvalue weighted by Gasteiger charge is 2.34. The van der Waals surface area contributed by atoms with Crippen LogP contribution in [0.5, 0.6) is 0 Å². The molecule has 0 fully saturated rings. The second-order valence-corrected chi connectivity index (χ2v) is 8.39. The number of aromatic nitrogens is 2. The number of amidine groups is 1. The number of halogens is 3. The van der Waals surface area contributed by atoms with Crippen LogP contribution in [-0.2, 0) is 0 Å². The van der Waals surface area contributed by atoms with E-state index in [4.69, 9.17) is 5.73 Å². The van der Waals surface area contributed by atoms with E-state index < -0.39 is 18.0 Å². The average Bonchev–Trinajstić information content (AvgIpc) is 3.44. The zero-order valence-electron chi connectivity index (χ0n) is 18.4. The van der Waals surface area contributed by atoms with Crippen molar-refractivity contribution >= 4 is 38.5 Å². The Bertz CT molecular complexity index is 1670. The Kier molecular flexibility index (Phi) is 4.87. The van der Waals surface area contributed by atoms with Crippen molar-refractivity contribution in [3.63, 3.8) is 0 Å². The maximum Gasteiger partial charge on any atom is 0.421 e. The Morgan fingerprint density at radius 1 is 0.800 bits per heavy atom. The molecule has 174 valence electrons. The van der Waals surface area contributed by atoms with E-state index in [1.165, 1.54) is 11.4 Å². The largest absolute Gasteiger partial charge is 0.421 e. The van der Waals surface area contributed by atoms with Gasteiger partial charge in [0.15, 0.2) is 6.29 Å². The molecule has 3 aromatic carbocycles. The Balaban J connectivity index is 1.53. The molecule has 0 radical (unpaired) electrons. The molecule has 35 heavy (non-hydrogen) atoms. The number of nitrogens with two attached hydrogens (primary N) is 2. The van der Waals surface area contributed by atoms with Gasteiger partial charge in [-0.15, -0.1) is 0 Å². The van der Waals surface area contributed by atoms with Crippen LogP contribution in [0.4, 0.5) is 13.2 Å². The second-order valence-electron chi connectivity index (χ2n) is 8.39. The van der Waals surface area contributed by atoms with E-state index in [9.17, 15) is 13.2 Å². The molecule has 1 unspecified atom stereocenters. The monoisotopic (exact) mass is 472 g/mol. The Labute approximate surface area is 198 Å². The number of allylic oxidation sites excluding steroid dienone is 2. The Hall–Kier alpha value is -4.14. The molecule has 0 aliphatic carbocycles. The minimum Gasteiger partial charge on any atom is -0.316 e. The minimum atomic E-state index is -4.40. The molecule has 5 aromatic rings. The Morgan fingerprint density at radius 2 is 1.57 bits per heavy atom. The lowest BCUT2D eigenvalue weighted by Gasteiger charge is -2.15. The topological polar surface area (TPSA) is 64.8 Å². The van der Waals surface area contributed by atoms with Gasteiger partial charge in [-0.05, 0) is 36.4 Å². The molecule has 5 nitrogen and oxygen atoms in total. The van der Waals surface area contributed by atoms with Gasteiger partial charge in [-0.1, -0.05) is 42.5 Å². The van der Waals surface area contributed by atoms with E-state index in [0.29, 0.717) is 5.84 Å². The van der Waals surface area contributed by atoms with Gasteiger partial charge in [0.05, 0.1) is 16.6 Å². The molecule has 1 aliphatic rings. The van der Waals surface area contributed by atoms with E-state index in [1.54, 1.807) is 0 Å². The third-order valence-electron chi connectivity index (χ3n) is 6.31. The first-order chi connectivity index (χ1) is 16.9. The van der Waals surface area contributed by atoms with Gasteiger partial charge in [0.1, 0.15) is 11.8 Å². The van der Waals surface area contributed by atoms with Gasteiger partial charge in [-0.2, -0.15) is 18.2 Å². The number of rotatable bonds is 3. The number of nitrogens with zero attached hydrogens (tertiary/aromatic N) is 3. The highest BCUT2D eigenvalue weighted by atomic mass is 19.4. The summed E-state index contributed by atoms with van der Waals surface area (Å²) in [5, 5.41) is 4.44. The standard InChI is InChI=1S/C27H20F3N5/c28-27(29,30)17-10-13-24(32-16-17)33-26(31)35-23-9-5-4-8-19(23)20-11-12-22-21(25(20)35)14-15-34(22)18-6-2-1-3-7-18/h1-16,26H,31H2,(H,32,33)/p+1. The number of benzene rings is 3. The summed E-state index contributed by atoms with van der Waals surface area (Å²) in [5.41, 5.74) is 9.79. The number of fused-ring (bicyclic) bond motifs is 5. The molecule has 6 rings (SSSR count). The van der Waals surface area contributed by atoms with Crippen molar-refractivity contribution in [3.05, 3.63) is 103 Å². The van der Waals surface area contributed by atoms with Gasteiger partial charge < -0.3 is 9.13 Å². The first kappa shape index (κ1) is 21.4. The Morgan fingerprint density at radius 3 is 2.31 bits per heavy atom. The maximum atomic E-state index is 13.0. The summed E-state index contributed by atoms with van der Waals surface area (Å²) in [6, 6.07) is 24.2. The molecule has 0 amide bonds. The number of para-hydroxylation sites is 2. The third-order valence-corrected chi connectivity index (χ3v) is 6.31. The summed E-state index contributed by atoms with van der Waals surface area (Å²) < 4.78 is 43.0. The SMILES string of the molecule is NC(/N=C1/C=CC(C(F)(F)F)=C[NH2+]1)n1c2ccccc2c2ccc3c(ccn3-c3ccccc3)c21. The summed E-state index contributed by atoms with van der Waals surface area (Å²) in [4.78, 5) is 4.56. The lowest BCUT2D eigenvalue weighted by Crippen LogP contribution is -2.83. The zero-order valence-corrected chi connectivity index (χ0v) is 18.4. The van der Waals surface area contributed by atoms with Crippen LogP contribution >= 0.6 is 0 Å². The summed E-state index contributed by atoms with van der Waals surface area (Å²) in [6.45, 7) is 0. The third kappa shape index (κ3) is 3.54. The van der Waals surface area contributed by atoms with Crippen molar-refractivity contribution in [2.24, 2.45) is 10.7 Å². The molecule has 0 saturated carbocycles. The number of hydrogen-bond donors (Lipinski definition) is 2. The molecule has 0 spiro atoms. The lowest BCUT2D eigenvalue weighted by atomic mass is 10.1. The fourth-order valence-electron chi connectivity index (χ4n) is 4.75. The van der Waals surface area contributed by atoms with Crippen molar-refractivity contribution < 1.29 is 18.5 Å². The molecule has 0 saturated heterocycles. The van der Waals surface area contributed by atoms with Crippen LogP contribution in [0.1, 0.15) is 6.29 Å². The smallest absolute Gasteiger partial charge is 0.316 e. The predicted molar refractivity (Wildman–Crippen MR) is 132 cm³/mol. The number of hydrogen-bond acceptors (Lipinski definition) is 2. The predicted octanol–water partition coefficient (Wildman–Crippen LogP) is 5.13. The molecule has 4 N–H and O–H groups in total. The van der Waals surface area contributed by atoms with Crippen molar-refractivity contribution in [3.8, 4) is 5.69 Å². The van der Waals surface area contributed by atoms with Crippen molar-refractivity contribution in [2.45, 2.75) is 12.5 Å². The quantitative estimate of drug-likeness (QED) is 0.376. The zero-order chi connectivity index (χ0) is 24.2. The maximum absolute atomic E-state index is 13.0. The average molecular weight is 472 g/mol. The summed E-state index contributed by atoms with van der Waals surface area (Å²) in [5.74, 6) is 0.380. The van der Waals surface area contributed by atoms with Crippen molar-refractivity contribution in [2.75, 3.05) is 0 Å². The first-order valence-corrected chi connectivity index (χ1v) is 11.1. The van der Waals surface area contributed by atoms with Gasteiger partial charge in [0, 0.05) is 34.1 Å². The van der Waals surface area contributed by atoms with Gasteiger partial charge >= 0.3 is 6.18 Å². The van der Waals surface area contributed by atoms with Crippen LogP contribution in [0.25, 0.3) is 38.4 Å². The highest BCUT2D eigenvalue weighted by molar-refractivity contribution is 6.17. The van der Waals surface area contributed by atoms with Crippen LogP contribution in [-0.4, -0.2) is 21.1 Å². The fraction of sp³-hybridized carbons (Fsp3) is 0.0741. The van der Waals surface area contributed by atoms with E-state index >= 15 is 0 Å². The van der Waals surface area contributed by atoms with Crippen LogP contribution in [0.2, 0.25) is 0 Å². The van der Waals surface area contributed by atoms with Gasteiger partial charge in [-0.3, -0.25) is 11.1 Å². The number of quaternary nitrogens is 1. The lowest BCUT2D eigenvalue weighted by molar-refractivity contribution is -0.463. The van der Waals surface area contributed by atoms with Gasteiger partial charge in [-0.25, -0.2) is 0 Å². The van der Waals surface area contributed by atoms with E-state index in [-0.39, 0.29) is 0 Å². The van der Waals surface area contributed by atoms with E-state index in [0.717, 1.165) is 50.7 Å². The molecule has 8 heteroatoms. The molecule has 0 bridgehead atoms. The van der Waals surface area contributed by atoms with Crippen molar-refractivity contribution in [1.29, 1.82) is 0 Å². The fourth-order valence-corrected chi connectivity index (χ4v) is 4.75. The molecular weight excluding hydrogens is 451 g/mol. The van der Waals surface area contributed by atoms with Gasteiger partial charge in [0.25, 0.3) is 0 Å². The molecule has 3 heterocycles. The number of aliphatic imine (C=N–C) groups is 1. The molecule has 1 atom stereocenters. The van der Waals surface area contributed by atoms with Crippen LogP contribution < -0.4 is 11.1 Å². The van der Waals surface area contributed by atoms with Crippen LogP contribution in [0.15, 0.2) is 108 Å². The summed E-state index contributed by atoms with van der Waals surface area (Å²) in [6.07, 6.45) is 0.189. The van der Waals surface area contributed by atoms with Gasteiger partial charge in [0.2, 0.25) is 5.84 Å². The van der Waals surface area contributed by atoms with Crippen molar-refractivity contribution in [1.82, 2.24) is 9.13 Å². The minimum absolute atomic E-state index is 0.380. The molecule has 2 aromatic heterocycles. The van der Waals surface area contributed by atoms with E-state index in [1.807, 2.05) is 65.4 Å². The second kappa shape index (κ2) is 7.97. The highest BCUT2D eigenvalue weighted by Crippen LogP contribution is 2.37. The van der Waals surface area contributed by atoms with Crippen LogP contribution in [0.3, 0.4) is 0 Å². The van der Waals surface area contributed by atoms with E-state index in [2.05, 4.69) is 27.8 Å².